The number of morpholine rings is 1. The van der Waals surface area contributed by atoms with Crippen molar-refractivity contribution in [2.24, 2.45) is 0 Å². The maximum atomic E-state index is 14.5. The predicted octanol–water partition coefficient (Wildman–Crippen LogP) is 4.78. The molecule has 0 spiro atoms. The lowest BCUT2D eigenvalue weighted by atomic mass is 10.0. The van der Waals surface area contributed by atoms with Gasteiger partial charge in [-0.15, -0.1) is 0 Å². The molecule has 13 nitrogen and oxygen atoms in total. The van der Waals surface area contributed by atoms with Gasteiger partial charge in [0.05, 0.1) is 39.7 Å². The molecular weight excluding hydrogens is 648 g/mol. The maximum Gasteiger partial charge on any atom is 0.330 e. The van der Waals surface area contributed by atoms with Gasteiger partial charge in [0.25, 0.3) is 0 Å². The lowest BCUT2D eigenvalue weighted by Gasteiger charge is -2.43. The molecule has 3 aliphatic rings. The van der Waals surface area contributed by atoms with E-state index in [4.69, 9.17) is 30.8 Å². The van der Waals surface area contributed by atoms with E-state index in [2.05, 4.69) is 27.3 Å². The fourth-order valence-corrected chi connectivity index (χ4v) is 6.58. The number of rotatable bonds is 10. The Hall–Kier alpha value is -4.59. The number of nitrogens with zero attached hydrogens (tertiary/aromatic N) is 7. The Morgan fingerprint density at radius 2 is 1.82 bits per heavy atom. The highest BCUT2D eigenvalue weighted by Gasteiger charge is 2.40. The first-order valence-corrected chi connectivity index (χ1v) is 16.8. The number of likely N-dealkylation sites (N-methyl/N-ethyl adjacent to an activating group) is 1. The number of carbonyl (C=O) groups is 2. The van der Waals surface area contributed by atoms with Crippen LogP contribution in [0.25, 0.3) is 0 Å². The third kappa shape index (κ3) is 7.69. The molecule has 3 aliphatic heterocycles. The van der Waals surface area contributed by atoms with Gasteiger partial charge < -0.3 is 34.2 Å². The number of piperidine rings is 1. The first-order valence-electron chi connectivity index (χ1n) is 16.4. The van der Waals surface area contributed by atoms with Crippen LogP contribution in [-0.4, -0.2) is 112 Å². The van der Waals surface area contributed by atoms with Crippen molar-refractivity contribution < 1.29 is 23.8 Å². The summed E-state index contributed by atoms with van der Waals surface area (Å²) in [6, 6.07) is 11.0. The fraction of sp³-hybridized carbons (Fsp3) is 0.429. The van der Waals surface area contributed by atoms with E-state index in [1.807, 2.05) is 42.1 Å². The summed E-state index contributed by atoms with van der Waals surface area (Å²) in [5.74, 6) is 1.78. The number of aromatic nitrogens is 2. The highest BCUT2D eigenvalue weighted by atomic mass is 35.5. The fourth-order valence-electron chi connectivity index (χ4n) is 6.30. The summed E-state index contributed by atoms with van der Waals surface area (Å²) in [5.41, 5.74) is 3.18. The topological polar surface area (TPSA) is 116 Å². The molecule has 0 aliphatic carbocycles. The van der Waals surface area contributed by atoms with Gasteiger partial charge in [0.1, 0.15) is 22.3 Å². The number of anilines is 5. The van der Waals surface area contributed by atoms with Crippen molar-refractivity contribution in [3.8, 4) is 11.5 Å². The van der Waals surface area contributed by atoms with E-state index < -0.39 is 0 Å². The van der Waals surface area contributed by atoms with Crippen LogP contribution in [0.2, 0.25) is 5.02 Å². The van der Waals surface area contributed by atoms with Gasteiger partial charge in [-0.1, -0.05) is 17.7 Å². The first kappa shape index (κ1) is 34.3. The van der Waals surface area contributed by atoms with Crippen LogP contribution < -0.4 is 29.5 Å². The minimum Gasteiger partial charge on any atom is -0.497 e. The molecule has 4 heterocycles. The normalized spacial score (nSPS) is 17.1. The minimum atomic E-state index is -0.278. The zero-order valence-electron chi connectivity index (χ0n) is 28.4. The smallest absolute Gasteiger partial charge is 0.330 e. The third-order valence-corrected chi connectivity index (χ3v) is 9.33. The van der Waals surface area contributed by atoms with Crippen LogP contribution in [0.15, 0.2) is 54.7 Å². The summed E-state index contributed by atoms with van der Waals surface area (Å²) in [4.78, 5) is 46.5. The van der Waals surface area contributed by atoms with Crippen molar-refractivity contribution in [2.75, 3.05) is 94.3 Å². The largest absolute Gasteiger partial charge is 0.497 e. The maximum absolute atomic E-state index is 14.5. The molecule has 1 aromatic heterocycles. The molecule has 0 atom stereocenters. The van der Waals surface area contributed by atoms with E-state index in [0.29, 0.717) is 66.5 Å². The van der Waals surface area contributed by atoms with Crippen LogP contribution in [0.4, 0.5) is 33.6 Å². The van der Waals surface area contributed by atoms with E-state index >= 15 is 0 Å². The number of ether oxygens (including phenoxy) is 3. The molecule has 3 amide bonds. The van der Waals surface area contributed by atoms with Crippen LogP contribution in [0.5, 0.6) is 11.5 Å². The monoisotopic (exact) mass is 690 g/mol. The molecule has 1 N–H and O–H groups in total. The van der Waals surface area contributed by atoms with Gasteiger partial charge in [0, 0.05) is 80.1 Å². The minimum absolute atomic E-state index is 0.0315. The number of benzene rings is 2. The molecule has 260 valence electrons. The van der Waals surface area contributed by atoms with Gasteiger partial charge in [-0.3, -0.25) is 14.6 Å². The summed E-state index contributed by atoms with van der Waals surface area (Å²) in [6.07, 6.45) is 6.40. The second-order valence-corrected chi connectivity index (χ2v) is 12.8. The van der Waals surface area contributed by atoms with Crippen molar-refractivity contribution >= 4 is 52.4 Å². The molecule has 0 radical (unpaired) electrons. The van der Waals surface area contributed by atoms with Crippen molar-refractivity contribution in [1.82, 2.24) is 19.8 Å². The zero-order valence-corrected chi connectivity index (χ0v) is 29.2. The Bertz CT molecular complexity index is 1670. The molecule has 2 aromatic carbocycles. The van der Waals surface area contributed by atoms with Crippen LogP contribution in [0.3, 0.4) is 0 Å². The van der Waals surface area contributed by atoms with E-state index in [0.717, 1.165) is 43.2 Å². The van der Waals surface area contributed by atoms with Gasteiger partial charge >= 0.3 is 6.03 Å². The van der Waals surface area contributed by atoms with Crippen molar-refractivity contribution in [3.05, 3.63) is 65.3 Å². The Morgan fingerprint density at radius 1 is 1.08 bits per heavy atom. The van der Waals surface area contributed by atoms with Gasteiger partial charge in [0.2, 0.25) is 11.9 Å². The standard InChI is InChI=1S/C35H43ClN8O5/c1-40(2)13-5-6-31(45)42-14-11-27(12-15-42)44-33-24(23-43(35(44)46)29-20-28(47-3)21-30(48-4)32(29)36)22-37-34(39-33)38-25-7-9-26(10-8-25)41-16-18-49-19-17-41/h5-10,20-22,27H,11-19,23H2,1-4H3,(H,37,38,39). The number of carbonyl (C=O) groups excluding carboxylic acids is 2. The highest BCUT2D eigenvalue weighted by molar-refractivity contribution is 6.35. The SMILES string of the molecule is COc1cc(OC)c(Cl)c(N2Cc3cnc(Nc4ccc(N5CCOCC5)cc4)nc3N(C3CCN(C(=O)C=CCN(C)C)CC3)C2=O)c1. The van der Waals surface area contributed by atoms with Gasteiger partial charge in [-0.05, 0) is 51.2 Å². The number of halogens is 1. The van der Waals surface area contributed by atoms with Crippen LogP contribution >= 0.6 is 11.6 Å². The van der Waals surface area contributed by atoms with Crippen LogP contribution in [0, 0.1) is 0 Å². The Balaban J connectivity index is 1.28. The van der Waals surface area contributed by atoms with E-state index in [1.54, 1.807) is 41.3 Å². The summed E-state index contributed by atoms with van der Waals surface area (Å²) in [6.45, 7) is 5.05. The molecule has 49 heavy (non-hydrogen) atoms. The molecule has 2 saturated heterocycles. The molecule has 6 rings (SSSR count). The highest BCUT2D eigenvalue weighted by Crippen LogP contribution is 2.43. The van der Waals surface area contributed by atoms with Crippen LogP contribution in [-0.2, 0) is 16.1 Å². The Labute approximate surface area is 292 Å². The zero-order chi connectivity index (χ0) is 34.5. The summed E-state index contributed by atoms with van der Waals surface area (Å²) >= 11 is 6.79. The quantitative estimate of drug-likeness (QED) is 0.298. The van der Waals surface area contributed by atoms with Crippen molar-refractivity contribution in [1.29, 1.82) is 0 Å². The number of likely N-dealkylation sites (tertiary alicyclic amines) is 1. The first-order chi connectivity index (χ1) is 23.7. The van der Waals surface area contributed by atoms with E-state index in [9.17, 15) is 9.59 Å². The second kappa shape index (κ2) is 15.3. The summed E-state index contributed by atoms with van der Waals surface area (Å²) in [5, 5.41) is 3.61. The third-order valence-electron chi connectivity index (χ3n) is 8.95. The Morgan fingerprint density at radius 3 is 2.49 bits per heavy atom. The Kier molecular flexibility index (Phi) is 10.7. The number of fused-ring (bicyclic) bond motifs is 1. The summed E-state index contributed by atoms with van der Waals surface area (Å²) < 4.78 is 16.5. The molecule has 0 bridgehead atoms. The summed E-state index contributed by atoms with van der Waals surface area (Å²) in [7, 11) is 6.99. The molecular formula is C35H43ClN8O5. The number of hydrogen-bond acceptors (Lipinski definition) is 10. The predicted molar refractivity (Wildman–Crippen MR) is 191 cm³/mol. The molecule has 0 saturated carbocycles. The lowest BCUT2D eigenvalue weighted by Crippen LogP contribution is -2.55. The molecule has 14 heteroatoms. The van der Waals surface area contributed by atoms with Gasteiger partial charge in [-0.2, -0.15) is 4.98 Å². The number of methoxy groups -OCH3 is 2. The van der Waals surface area contributed by atoms with Crippen LogP contribution in [0.1, 0.15) is 18.4 Å². The van der Waals surface area contributed by atoms with E-state index in [1.165, 1.54) is 7.11 Å². The number of amides is 3. The van der Waals surface area contributed by atoms with Gasteiger partial charge in [-0.25, -0.2) is 9.78 Å². The molecule has 3 aromatic rings. The number of nitrogens with one attached hydrogen (secondary N) is 1. The van der Waals surface area contributed by atoms with Crippen molar-refractivity contribution in [3.63, 3.8) is 0 Å². The van der Waals surface area contributed by atoms with Crippen molar-refractivity contribution in [2.45, 2.75) is 25.4 Å². The average Bonchev–Trinajstić information content (AvgIpc) is 3.12. The molecule has 0 unspecified atom stereocenters. The molecule has 2 fully saturated rings. The van der Waals surface area contributed by atoms with E-state index in [-0.39, 0.29) is 24.5 Å². The number of hydrogen-bond donors (Lipinski definition) is 1. The average molecular weight is 691 g/mol. The second-order valence-electron chi connectivity index (χ2n) is 12.4. The number of urea groups is 1. The van der Waals surface area contributed by atoms with Gasteiger partial charge in [0.15, 0.2) is 0 Å². The lowest BCUT2D eigenvalue weighted by molar-refractivity contribution is -0.127.